The van der Waals surface area contributed by atoms with Gasteiger partial charge in [0.25, 0.3) is 0 Å². The van der Waals surface area contributed by atoms with Gasteiger partial charge in [-0.1, -0.05) is 12.1 Å². The predicted octanol–water partition coefficient (Wildman–Crippen LogP) is 4.55. The third-order valence-corrected chi connectivity index (χ3v) is 8.23. The van der Waals surface area contributed by atoms with Crippen molar-refractivity contribution >= 4 is 32.1 Å². The lowest BCUT2D eigenvalue weighted by Gasteiger charge is -2.38. The van der Waals surface area contributed by atoms with Gasteiger partial charge in [0.1, 0.15) is 22.2 Å². The summed E-state index contributed by atoms with van der Waals surface area (Å²) in [6.45, 7) is 2.10. The third kappa shape index (κ3) is 4.30. The molecule has 3 aromatic carbocycles. The Kier molecular flexibility index (Phi) is 6.40. The minimum atomic E-state index is -3.90. The van der Waals surface area contributed by atoms with Crippen molar-refractivity contribution in [3.63, 3.8) is 0 Å². The van der Waals surface area contributed by atoms with Gasteiger partial charge in [-0.05, 0) is 54.6 Å². The number of benzene rings is 3. The molecule has 5 rings (SSSR count). The van der Waals surface area contributed by atoms with Gasteiger partial charge in [-0.25, -0.2) is 12.8 Å². The monoisotopic (exact) mass is 507 g/mol. The number of anilines is 2. The zero-order chi connectivity index (χ0) is 25.3. The van der Waals surface area contributed by atoms with E-state index >= 15 is 0 Å². The molecule has 0 atom stereocenters. The van der Waals surface area contributed by atoms with Crippen LogP contribution in [0.4, 0.5) is 15.8 Å². The van der Waals surface area contributed by atoms with Crippen LogP contribution in [-0.2, 0) is 9.84 Å². The molecule has 1 fully saturated rings. The fourth-order valence-corrected chi connectivity index (χ4v) is 5.98. The third-order valence-electron chi connectivity index (χ3n) is 6.46. The number of methoxy groups -OCH3 is 2. The van der Waals surface area contributed by atoms with E-state index < -0.39 is 9.84 Å². The molecule has 2 heterocycles. The molecular weight excluding hydrogens is 481 g/mol. The van der Waals surface area contributed by atoms with Crippen molar-refractivity contribution in [3.05, 3.63) is 78.7 Å². The first kappa shape index (κ1) is 23.9. The molecule has 9 heteroatoms. The number of sulfone groups is 1. The molecule has 1 aliphatic rings. The van der Waals surface area contributed by atoms with Crippen LogP contribution in [0.15, 0.2) is 82.7 Å². The first-order valence-electron chi connectivity index (χ1n) is 11.5. The Morgan fingerprint density at radius 1 is 0.833 bits per heavy atom. The first-order valence-corrected chi connectivity index (χ1v) is 13.0. The van der Waals surface area contributed by atoms with Gasteiger partial charge in [0, 0.05) is 37.8 Å². The number of pyridine rings is 1. The second kappa shape index (κ2) is 9.66. The van der Waals surface area contributed by atoms with Gasteiger partial charge in [-0.2, -0.15) is 0 Å². The van der Waals surface area contributed by atoms with Gasteiger partial charge in [-0.15, -0.1) is 0 Å². The molecule has 0 bridgehead atoms. The summed E-state index contributed by atoms with van der Waals surface area (Å²) < 4.78 is 52.6. The van der Waals surface area contributed by atoms with Crippen LogP contribution in [0.3, 0.4) is 0 Å². The van der Waals surface area contributed by atoms with Crippen LogP contribution in [0.5, 0.6) is 11.5 Å². The Labute approximate surface area is 209 Å². The van der Waals surface area contributed by atoms with E-state index in [0.29, 0.717) is 60.0 Å². The average Bonchev–Trinajstić information content (AvgIpc) is 2.92. The maximum atomic E-state index is 14.4. The number of aromatic nitrogens is 1. The van der Waals surface area contributed by atoms with Crippen molar-refractivity contribution in [1.82, 2.24) is 4.98 Å². The molecule has 0 spiro atoms. The summed E-state index contributed by atoms with van der Waals surface area (Å²) in [5, 5.41) is 0.684. The van der Waals surface area contributed by atoms with Gasteiger partial charge in [0.2, 0.25) is 9.84 Å². The van der Waals surface area contributed by atoms with E-state index in [1.165, 1.54) is 31.5 Å². The summed E-state index contributed by atoms with van der Waals surface area (Å²) in [7, 11) is -0.802. The highest BCUT2D eigenvalue weighted by atomic mass is 32.2. The topological polar surface area (TPSA) is 72.0 Å². The van der Waals surface area contributed by atoms with Crippen LogP contribution >= 0.6 is 0 Å². The van der Waals surface area contributed by atoms with Gasteiger partial charge in [0.15, 0.2) is 0 Å². The predicted molar refractivity (Wildman–Crippen MR) is 138 cm³/mol. The number of ether oxygens (including phenoxy) is 2. The van der Waals surface area contributed by atoms with Crippen molar-refractivity contribution in [2.75, 3.05) is 50.2 Å². The van der Waals surface area contributed by atoms with Crippen molar-refractivity contribution in [3.8, 4) is 11.5 Å². The normalized spacial score (nSPS) is 14.2. The van der Waals surface area contributed by atoms with Crippen molar-refractivity contribution in [2.45, 2.75) is 9.79 Å². The number of para-hydroxylation sites is 1. The van der Waals surface area contributed by atoms with E-state index in [-0.39, 0.29) is 15.6 Å². The number of hydrogen-bond donors (Lipinski definition) is 0. The van der Waals surface area contributed by atoms with Crippen molar-refractivity contribution in [1.29, 1.82) is 0 Å². The van der Waals surface area contributed by atoms with Crippen LogP contribution in [0.25, 0.3) is 10.9 Å². The van der Waals surface area contributed by atoms with Crippen LogP contribution in [0.1, 0.15) is 0 Å². The number of fused-ring (bicyclic) bond motifs is 1. The fraction of sp³-hybridized carbons (Fsp3) is 0.222. The molecule has 7 nitrogen and oxygen atoms in total. The maximum Gasteiger partial charge on any atom is 0.210 e. The molecule has 0 saturated carbocycles. The summed E-state index contributed by atoms with van der Waals surface area (Å²) in [6, 6.07) is 18.4. The van der Waals surface area contributed by atoms with Crippen LogP contribution in [-0.4, -0.2) is 53.8 Å². The Bertz CT molecular complexity index is 1500. The molecule has 4 aromatic rings. The number of hydrogen-bond acceptors (Lipinski definition) is 7. The Balaban J connectivity index is 1.59. The molecule has 0 N–H and O–H groups in total. The Morgan fingerprint density at radius 3 is 2.14 bits per heavy atom. The zero-order valence-corrected chi connectivity index (χ0v) is 20.8. The summed E-state index contributed by atoms with van der Waals surface area (Å²) in [6.07, 6.45) is 1.42. The zero-order valence-electron chi connectivity index (χ0n) is 20.0. The van der Waals surface area contributed by atoms with E-state index in [0.717, 1.165) is 0 Å². The molecule has 1 saturated heterocycles. The average molecular weight is 508 g/mol. The number of rotatable bonds is 6. The van der Waals surface area contributed by atoms with Crippen LogP contribution in [0, 0.1) is 5.82 Å². The molecule has 36 heavy (non-hydrogen) atoms. The van der Waals surface area contributed by atoms with Crippen molar-refractivity contribution < 1.29 is 22.3 Å². The summed E-state index contributed by atoms with van der Waals surface area (Å²) >= 11 is 0. The number of nitrogens with zero attached hydrogens (tertiary/aromatic N) is 3. The van der Waals surface area contributed by atoms with Gasteiger partial charge in [0.05, 0.1) is 36.0 Å². The highest BCUT2D eigenvalue weighted by molar-refractivity contribution is 7.91. The van der Waals surface area contributed by atoms with E-state index in [1.807, 2.05) is 28.0 Å². The molecular formula is C27H26FN3O4S. The van der Waals surface area contributed by atoms with Crippen LogP contribution < -0.4 is 19.3 Å². The molecule has 0 radical (unpaired) electrons. The van der Waals surface area contributed by atoms with Gasteiger partial charge < -0.3 is 19.3 Å². The summed E-state index contributed by atoms with van der Waals surface area (Å²) in [5.41, 5.74) is 1.78. The Morgan fingerprint density at radius 2 is 1.47 bits per heavy atom. The largest absolute Gasteiger partial charge is 0.497 e. The van der Waals surface area contributed by atoms with E-state index in [4.69, 9.17) is 9.47 Å². The fourth-order valence-electron chi connectivity index (χ4n) is 4.55. The molecule has 1 aliphatic heterocycles. The van der Waals surface area contributed by atoms with Gasteiger partial charge in [-0.3, -0.25) is 4.98 Å². The first-order chi connectivity index (χ1) is 17.4. The SMILES string of the molecule is COc1ccc(S(=O)(=O)c2cnc3ccc(OC)cc3c2N2CCN(c3ccccc3F)CC2)cc1. The van der Waals surface area contributed by atoms with E-state index in [1.54, 1.807) is 37.4 Å². The quantitative estimate of drug-likeness (QED) is 0.379. The van der Waals surface area contributed by atoms with Crippen molar-refractivity contribution in [2.24, 2.45) is 0 Å². The smallest absolute Gasteiger partial charge is 0.210 e. The lowest BCUT2D eigenvalue weighted by Crippen LogP contribution is -2.47. The maximum absolute atomic E-state index is 14.4. The number of piperazine rings is 1. The van der Waals surface area contributed by atoms with E-state index in [2.05, 4.69) is 4.98 Å². The second-order valence-corrected chi connectivity index (χ2v) is 10.4. The Hall–Kier alpha value is -3.85. The highest BCUT2D eigenvalue weighted by Crippen LogP contribution is 2.38. The molecule has 186 valence electrons. The second-order valence-electron chi connectivity index (χ2n) is 8.46. The van der Waals surface area contributed by atoms with Crippen LogP contribution in [0.2, 0.25) is 0 Å². The minimum absolute atomic E-state index is 0.118. The highest BCUT2D eigenvalue weighted by Gasteiger charge is 2.29. The standard InChI is InChI=1S/C27H26FN3O4S/c1-34-19-7-10-21(11-8-19)36(32,33)26-18-29-24-12-9-20(35-2)17-22(24)27(26)31-15-13-30(14-16-31)25-6-4-3-5-23(25)28/h3-12,17-18H,13-16H2,1-2H3. The summed E-state index contributed by atoms with van der Waals surface area (Å²) in [5.74, 6) is 0.905. The number of halogens is 1. The molecule has 1 aromatic heterocycles. The lowest BCUT2D eigenvalue weighted by atomic mass is 10.1. The summed E-state index contributed by atoms with van der Waals surface area (Å²) in [4.78, 5) is 8.75. The van der Waals surface area contributed by atoms with E-state index in [9.17, 15) is 12.8 Å². The lowest BCUT2D eigenvalue weighted by molar-refractivity contribution is 0.414. The minimum Gasteiger partial charge on any atom is -0.497 e. The molecule has 0 unspecified atom stereocenters. The molecule has 0 amide bonds. The molecule has 0 aliphatic carbocycles. The van der Waals surface area contributed by atoms with Gasteiger partial charge >= 0.3 is 0 Å².